The topological polar surface area (TPSA) is 41.9 Å². The van der Waals surface area contributed by atoms with Crippen molar-refractivity contribution in [3.05, 3.63) is 11.9 Å². The molecule has 0 radical (unpaired) electrons. The molecule has 0 saturated heterocycles. The van der Waals surface area contributed by atoms with Gasteiger partial charge in [-0.05, 0) is 6.72 Å². The van der Waals surface area contributed by atoms with Crippen LogP contribution in [-0.4, -0.2) is 38.8 Å². The molecule has 0 unspecified atom stereocenters. The first-order valence-electron chi connectivity index (χ1n) is 3.05. The van der Waals surface area contributed by atoms with Crippen molar-refractivity contribution < 1.29 is 9.53 Å². The van der Waals surface area contributed by atoms with E-state index in [0.717, 1.165) is 0 Å². The van der Waals surface area contributed by atoms with E-state index in [9.17, 15) is 4.79 Å². The number of methoxy groups -OCH3 is 1. The number of rotatable bonds is 3. The van der Waals surface area contributed by atoms with Crippen LogP contribution in [0, 0.1) is 0 Å². The Morgan fingerprint density at radius 3 is 2.45 bits per heavy atom. The molecule has 0 bridgehead atoms. The van der Waals surface area contributed by atoms with Gasteiger partial charge >= 0.3 is 5.97 Å². The molecule has 0 aromatic carbocycles. The summed E-state index contributed by atoms with van der Waals surface area (Å²) in [5.41, 5.74) is 0.206. The van der Waals surface area contributed by atoms with Crippen molar-refractivity contribution in [3.63, 3.8) is 0 Å². The van der Waals surface area contributed by atoms with Crippen LogP contribution >= 0.6 is 0 Å². The Hall–Kier alpha value is -1.32. The van der Waals surface area contributed by atoms with Crippen LogP contribution in [0.15, 0.2) is 16.9 Å². The molecule has 11 heavy (non-hydrogen) atoms. The highest BCUT2D eigenvalue weighted by Crippen LogP contribution is 1.98. The van der Waals surface area contributed by atoms with E-state index in [0.29, 0.717) is 0 Å². The van der Waals surface area contributed by atoms with Crippen molar-refractivity contribution >= 4 is 12.7 Å². The van der Waals surface area contributed by atoms with Gasteiger partial charge < -0.3 is 9.64 Å². The van der Waals surface area contributed by atoms with Gasteiger partial charge in [0.2, 0.25) is 0 Å². The van der Waals surface area contributed by atoms with Crippen molar-refractivity contribution in [2.24, 2.45) is 4.99 Å². The summed E-state index contributed by atoms with van der Waals surface area (Å²) in [5.74, 6) is -0.478. The zero-order valence-corrected chi connectivity index (χ0v) is 7.00. The fourth-order valence-corrected chi connectivity index (χ4v) is 0.507. The molecule has 0 fully saturated rings. The molecule has 0 heterocycles. The fourth-order valence-electron chi connectivity index (χ4n) is 0.507. The van der Waals surface area contributed by atoms with Gasteiger partial charge in [-0.1, -0.05) is 0 Å². The van der Waals surface area contributed by atoms with E-state index in [2.05, 4.69) is 16.4 Å². The molecule has 0 aliphatic carbocycles. The second kappa shape index (κ2) is 4.49. The largest absolute Gasteiger partial charge is 0.464 e. The Morgan fingerprint density at radius 2 is 2.18 bits per heavy atom. The van der Waals surface area contributed by atoms with Crippen LogP contribution in [0.3, 0.4) is 0 Å². The van der Waals surface area contributed by atoms with E-state index in [-0.39, 0.29) is 5.70 Å². The molecule has 62 valence electrons. The number of carbonyl (C=O) groups excluding carboxylic acids is 1. The number of esters is 1. The van der Waals surface area contributed by atoms with E-state index in [1.807, 2.05) is 0 Å². The lowest BCUT2D eigenvalue weighted by atomic mass is 10.5. The van der Waals surface area contributed by atoms with Gasteiger partial charge in [0.1, 0.15) is 0 Å². The lowest BCUT2D eigenvalue weighted by Crippen LogP contribution is -2.09. The van der Waals surface area contributed by atoms with Gasteiger partial charge in [0.05, 0.1) is 7.11 Å². The van der Waals surface area contributed by atoms with Gasteiger partial charge in [0.25, 0.3) is 0 Å². The molecule has 0 saturated carbocycles. The number of aliphatic imine (C=N–C) groups is 1. The van der Waals surface area contributed by atoms with E-state index in [1.165, 1.54) is 7.11 Å². The van der Waals surface area contributed by atoms with Crippen LogP contribution in [-0.2, 0) is 9.53 Å². The lowest BCUT2D eigenvalue weighted by molar-refractivity contribution is -0.136. The van der Waals surface area contributed by atoms with Gasteiger partial charge in [-0.25, -0.2) is 4.79 Å². The third kappa shape index (κ3) is 3.40. The zero-order valence-electron chi connectivity index (χ0n) is 7.00. The van der Waals surface area contributed by atoms with Crippen LogP contribution in [0.1, 0.15) is 0 Å². The Balaban J connectivity index is 4.39. The Kier molecular flexibility index (Phi) is 3.95. The average Bonchev–Trinajstić information content (AvgIpc) is 1.98. The molecule has 0 amide bonds. The molecule has 0 spiro atoms. The first-order chi connectivity index (χ1) is 5.11. The van der Waals surface area contributed by atoms with Crippen LogP contribution in [0.5, 0.6) is 0 Å². The second-order valence-corrected chi connectivity index (χ2v) is 2.13. The number of carbonyl (C=O) groups is 1. The van der Waals surface area contributed by atoms with Crippen LogP contribution in [0.4, 0.5) is 0 Å². The van der Waals surface area contributed by atoms with Gasteiger partial charge in [-0.15, -0.1) is 0 Å². The van der Waals surface area contributed by atoms with Gasteiger partial charge in [-0.2, -0.15) is 0 Å². The molecule has 0 N–H and O–H groups in total. The second-order valence-electron chi connectivity index (χ2n) is 2.13. The molecule has 0 aromatic rings. The van der Waals surface area contributed by atoms with Crippen molar-refractivity contribution in [2.75, 3.05) is 21.2 Å². The predicted molar refractivity (Wildman–Crippen MR) is 43.3 cm³/mol. The maximum Gasteiger partial charge on any atom is 0.358 e. The average molecular weight is 156 g/mol. The summed E-state index contributed by atoms with van der Waals surface area (Å²) in [5, 5.41) is 0. The Morgan fingerprint density at radius 1 is 1.64 bits per heavy atom. The van der Waals surface area contributed by atoms with Crippen molar-refractivity contribution in [1.82, 2.24) is 4.90 Å². The van der Waals surface area contributed by atoms with E-state index in [4.69, 9.17) is 0 Å². The van der Waals surface area contributed by atoms with Crippen molar-refractivity contribution in [3.8, 4) is 0 Å². The van der Waals surface area contributed by atoms with E-state index < -0.39 is 5.97 Å². The zero-order chi connectivity index (χ0) is 8.85. The van der Waals surface area contributed by atoms with E-state index in [1.54, 1.807) is 25.2 Å². The van der Waals surface area contributed by atoms with Gasteiger partial charge in [0, 0.05) is 20.3 Å². The molecule has 0 aliphatic rings. The maximum absolute atomic E-state index is 10.8. The normalized spacial score (nSPS) is 10.6. The van der Waals surface area contributed by atoms with Gasteiger partial charge in [0.15, 0.2) is 5.70 Å². The highest BCUT2D eigenvalue weighted by molar-refractivity contribution is 5.88. The molecule has 0 rings (SSSR count). The molecule has 0 atom stereocenters. The summed E-state index contributed by atoms with van der Waals surface area (Å²) >= 11 is 0. The fraction of sp³-hybridized carbons (Fsp3) is 0.429. The van der Waals surface area contributed by atoms with Crippen molar-refractivity contribution in [2.45, 2.75) is 0 Å². The molecule has 0 aromatic heterocycles. The van der Waals surface area contributed by atoms with E-state index >= 15 is 0 Å². The van der Waals surface area contributed by atoms with Crippen molar-refractivity contribution in [1.29, 1.82) is 0 Å². The minimum atomic E-state index is -0.478. The third-order valence-electron chi connectivity index (χ3n) is 0.945. The molecule has 0 aliphatic heterocycles. The van der Waals surface area contributed by atoms with Crippen LogP contribution < -0.4 is 0 Å². The summed E-state index contributed by atoms with van der Waals surface area (Å²) in [6, 6.07) is 0. The molecule has 4 nitrogen and oxygen atoms in total. The number of hydrogen-bond acceptors (Lipinski definition) is 4. The lowest BCUT2D eigenvalue weighted by Gasteiger charge is -2.05. The number of nitrogens with zero attached hydrogens (tertiary/aromatic N) is 2. The highest BCUT2D eigenvalue weighted by atomic mass is 16.5. The maximum atomic E-state index is 10.8. The quantitative estimate of drug-likeness (QED) is 0.334. The Labute approximate surface area is 66.2 Å². The molecular formula is C7H12N2O2. The summed E-state index contributed by atoms with van der Waals surface area (Å²) in [4.78, 5) is 16.0. The van der Waals surface area contributed by atoms with Crippen LogP contribution in [0.25, 0.3) is 0 Å². The first-order valence-corrected chi connectivity index (χ1v) is 3.05. The Bertz CT molecular complexity index is 185. The first kappa shape index (κ1) is 9.68. The highest BCUT2D eigenvalue weighted by Gasteiger charge is 2.05. The minimum Gasteiger partial charge on any atom is -0.464 e. The summed E-state index contributed by atoms with van der Waals surface area (Å²) in [6.07, 6.45) is 1.54. The number of hydrogen-bond donors (Lipinski definition) is 0. The molecular weight excluding hydrogens is 144 g/mol. The standard InChI is InChI=1S/C7H12N2O2/c1-8-6(5-9(2)3)7(10)11-4/h5H,1H2,2-4H3/b6-5-. The monoisotopic (exact) mass is 156 g/mol. The van der Waals surface area contributed by atoms with Gasteiger partial charge in [-0.3, -0.25) is 4.99 Å². The summed E-state index contributed by atoms with van der Waals surface area (Å²) < 4.78 is 4.44. The van der Waals surface area contributed by atoms with Crippen LogP contribution in [0.2, 0.25) is 0 Å². The smallest absolute Gasteiger partial charge is 0.358 e. The summed E-state index contributed by atoms with van der Waals surface area (Å²) in [6.45, 7) is 3.24. The third-order valence-corrected chi connectivity index (χ3v) is 0.945. The SMILES string of the molecule is C=N/C(=C\N(C)C)C(=O)OC. The summed E-state index contributed by atoms with van der Waals surface area (Å²) in [7, 11) is 4.87. The minimum absolute atomic E-state index is 0.206. The predicted octanol–water partition coefficient (Wildman–Crippen LogP) is 0.263. The number of ether oxygens (including phenoxy) is 1. The molecule has 4 heteroatoms.